The van der Waals surface area contributed by atoms with Crippen molar-refractivity contribution in [2.75, 3.05) is 0 Å². The van der Waals surface area contributed by atoms with E-state index in [0.717, 1.165) is 11.1 Å². The van der Waals surface area contributed by atoms with Gasteiger partial charge in [-0.3, -0.25) is 4.98 Å². The summed E-state index contributed by atoms with van der Waals surface area (Å²) >= 11 is 6.81. The van der Waals surface area contributed by atoms with E-state index in [9.17, 15) is 9.18 Å². The third-order valence-electron chi connectivity index (χ3n) is 2.92. The van der Waals surface area contributed by atoms with Crippen LogP contribution in [0.4, 0.5) is 4.39 Å². The van der Waals surface area contributed by atoms with Crippen LogP contribution in [0.3, 0.4) is 0 Å². The van der Waals surface area contributed by atoms with Crippen LogP contribution in [-0.4, -0.2) is 4.98 Å². The highest BCUT2D eigenvalue weighted by molar-refractivity contribution is 9.10. The molecule has 3 nitrogen and oxygen atoms in total. The molecule has 20 heavy (non-hydrogen) atoms. The van der Waals surface area contributed by atoms with E-state index in [1.54, 1.807) is 12.1 Å². The molecular weight excluding hydrogens is 393 g/mol. The minimum Gasteiger partial charge on any atom is -0.408 e. The second-order valence-corrected chi connectivity index (χ2v) is 6.17. The van der Waals surface area contributed by atoms with Crippen molar-refractivity contribution in [2.45, 2.75) is 4.83 Å². The van der Waals surface area contributed by atoms with Crippen LogP contribution in [0.15, 0.2) is 50.1 Å². The largest absolute Gasteiger partial charge is 0.417 e. The molecule has 1 heterocycles. The summed E-state index contributed by atoms with van der Waals surface area (Å²) in [6.07, 6.45) is 0. The predicted molar refractivity (Wildman–Crippen MR) is 81.7 cm³/mol. The first-order valence-corrected chi connectivity index (χ1v) is 7.46. The molecule has 3 aromatic rings. The van der Waals surface area contributed by atoms with Crippen molar-refractivity contribution < 1.29 is 8.81 Å². The molecule has 0 radical (unpaired) electrons. The van der Waals surface area contributed by atoms with Gasteiger partial charge in [-0.25, -0.2) is 9.18 Å². The smallest absolute Gasteiger partial charge is 0.408 e. The van der Waals surface area contributed by atoms with Crippen LogP contribution >= 0.6 is 31.9 Å². The molecule has 0 saturated heterocycles. The summed E-state index contributed by atoms with van der Waals surface area (Å²) in [5.74, 6) is -0.801. The Morgan fingerprint density at radius 1 is 1.15 bits per heavy atom. The molecule has 0 aliphatic rings. The minimum absolute atomic E-state index is 0.195. The summed E-state index contributed by atoms with van der Waals surface area (Å²) in [5, 5.41) is 0. The summed E-state index contributed by atoms with van der Waals surface area (Å²) in [5.41, 5.74) is 2.76. The van der Waals surface area contributed by atoms with Crippen molar-refractivity contribution in [3.63, 3.8) is 0 Å². The van der Waals surface area contributed by atoms with Crippen LogP contribution < -0.4 is 5.76 Å². The van der Waals surface area contributed by atoms with Gasteiger partial charge < -0.3 is 4.42 Å². The molecule has 102 valence electrons. The van der Waals surface area contributed by atoms with Crippen LogP contribution in [0.5, 0.6) is 0 Å². The van der Waals surface area contributed by atoms with Gasteiger partial charge in [-0.05, 0) is 41.5 Å². The molecule has 0 bridgehead atoms. The fourth-order valence-electron chi connectivity index (χ4n) is 2.03. The van der Waals surface area contributed by atoms with Crippen molar-refractivity contribution in [3.8, 4) is 0 Å². The lowest BCUT2D eigenvalue weighted by molar-refractivity contribution is 0.555. The number of H-pyrrole nitrogens is 1. The van der Waals surface area contributed by atoms with Gasteiger partial charge in [-0.2, -0.15) is 0 Å². The number of nitrogens with one attached hydrogen (secondary N) is 1. The average Bonchev–Trinajstić information content (AvgIpc) is 2.75. The molecule has 1 aromatic heterocycles. The first kappa shape index (κ1) is 13.6. The van der Waals surface area contributed by atoms with Crippen molar-refractivity contribution in [3.05, 3.63) is 68.4 Å². The monoisotopic (exact) mass is 399 g/mol. The van der Waals surface area contributed by atoms with Crippen molar-refractivity contribution >= 4 is 43.0 Å². The van der Waals surface area contributed by atoms with E-state index < -0.39 is 5.76 Å². The van der Waals surface area contributed by atoms with E-state index in [-0.39, 0.29) is 10.6 Å². The van der Waals surface area contributed by atoms with Crippen LogP contribution in [0.2, 0.25) is 0 Å². The number of rotatable bonds is 2. The molecular formula is C14H8Br2FNO2. The Bertz CT molecular complexity index is 820. The van der Waals surface area contributed by atoms with E-state index in [1.165, 1.54) is 12.1 Å². The Balaban J connectivity index is 2.06. The lowest BCUT2D eigenvalue weighted by Gasteiger charge is -2.11. The molecule has 1 atom stereocenters. The molecule has 0 fully saturated rings. The first-order valence-electron chi connectivity index (χ1n) is 5.76. The molecule has 2 aromatic carbocycles. The summed E-state index contributed by atoms with van der Waals surface area (Å²) in [4.78, 5) is 13.5. The van der Waals surface area contributed by atoms with E-state index in [4.69, 9.17) is 4.42 Å². The SMILES string of the molecule is O=c1[nH]c2ccc(C(Br)c3cc(F)cc(Br)c3)cc2o1. The Hall–Kier alpha value is -1.40. The Morgan fingerprint density at radius 3 is 2.70 bits per heavy atom. The number of hydrogen-bond donors (Lipinski definition) is 1. The van der Waals surface area contributed by atoms with Gasteiger partial charge in [0, 0.05) is 4.47 Å². The molecule has 1 unspecified atom stereocenters. The maximum absolute atomic E-state index is 13.4. The zero-order chi connectivity index (χ0) is 14.3. The predicted octanol–water partition coefficient (Wildman–Crippen LogP) is 4.51. The highest BCUT2D eigenvalue weighted by Crippen LogP contribution is 2.33. The third-order valence-corrected chi connectivity index (χ3v) is 4.43. The van der Waals surface area contributed by atoms with Crippen LogP contribution in [0, 0.1) is 5.82 Å². The maximum Gasteiger partial charge on any atom is 0.417 e. The van der Waals surface area contributed by atoms with Gasteiger partial charge in [0.25, 0.3) is 0 Å². The van der Waals surface area contributed by atoms with Gasteiger partial charge in [0.2, 0.25) is 0 Å². The Kier molecular flexibility index (Phi) is 3.52. The number of oxazole rings is 1. The number of halogens is 3. The standard InChI is InChI=1S/C14H8Br2FNO2/c15-9-3-8(4-10(17)6-9)13(16)7-1-2-11-12(5-7)20-14(19)18-11/h1-6,13H,(H,18,19). The number of aromatic amines is 1. The van der Waals surface area contributed by atoms with Gasteiger partial charge in [-0.15, -0.1) is 0 Å². The van der Waals surface area contributed by atoms with Gasteiger partial charge >= 0.3 is 5.76 Å². The van der Waals surface area contributed by atoms with E-state index in [0.29, 0.717) is 15.6 Å². The summed E-state index contributed by atoms with van der Waals surface area (Å²) in [6, 6.07) is 10.1. The summed E-state index contributed by atoms with van der Waals surface area (Å²) < 4.78 is 19.1. The Labute approximate surface area is 130 Å². The summed E-state index contributed by atoms with van der Waals surface area (Å²) in [6.45, 7) is 0. The maximum atomic E-state index is 13.4. The molecule has 6 heteroatoms. The zero-order valence-corrected chi connectivity index (χ0v) is 13.2. The van der Waals surface area contributed by atoms with Crippen molar-refractivity contribution in [1.82, 2.24) is 4.98 Å². The van der Waals surface area contributed by atoms with Crippen molar-refractivity contribution in [2.24, 2.45) is 0 Å². The normalized spacial score (nSPS) is 12.8. The molecule has 0 amide bonds. The van der Waals surface area contributed by atoms with Gasteiger partial charge in [0.15, 0.2) is 5.58 Å². The quantitative estimate of drug-likeness (QED) is 0.643. The minimum atomic E-state index is -0.489. The van der Waals surface area contributed by atoms with Crippen LogP contribution in [-0.2, 0) is 0 Å². The number of hydrogen-bond acceptors (Lipinski definition) is 2. The van der Waals surface area contributed by atoms with Crippen LogP contribution in [0.1, 0.15) is 16.0 Å². The molecule has 0 spiro atoms. The molecule has 1 N–H and O–H groups in total. The molecule has 0 saturated carbocycles. The molecule has 0 aliphatic heterocycles. The topological polar surface area (TPSA) is 46.0 Å². The number of fused-ring (bicyclic) bond motifs is 1. The highest BCUT2D eigenvalue weighted by atomic mass is 79.9. The second kappa shape index (κ2) is 5.18. The van der Waals surface area contributed by atoms with E-state index in [1.807, 2.05) is 12.1 Å². The number of alkyl halides is 1. The molecule has 3 rings (SSSR count). The highest BCUT2D eigenvalue weighted by Gasteiger charge is 2.14. The fraction of sp³-hybridized carbons (Fsp3) is 0.0714. The Morgan fingerprint density at radius 2 is 1.95 bits per heavy atom. The lowest BCUT2D eigenvalue weighted by atomic mass is 10.0. The number of benzene rings is 2. The van der Waals surface area contributed by atoms with Crippen LogP contribution in [0.25, 0.3) is 11.1 Å². The van der Waals surface area contributed by atoms with Crippen molar-refractivity contribution in [1.29, 1.82) is 0 Å². The summed E-state index contributed by atoms with van der Waals surface area (Å²) in [7, 11) is 0. The molecule has 0 aliphatic carbocycles. The fourth-order valence-corrected chi connectivity index (χ4v) is 3.07. The zero-order valence-electron chi connectivity index (χ0n) is 9.99. The lowest BCUT2D eigenvalue weighted by Crippen LogP contribution is -1.94. The second-order valence-electron chi connectivity index (χ2n) is 4.34. The third kappa shape index (κ3) is 2.58. The van der Waals surface area contributed by atoms with Gasteiger partial charge in [0.05, 0.1) is 10.3 Å². The average molecular weight is 401 g/mol. The van der Waals surface area contributed by atoms with E-state index in [2.05, 4.69) is 36.8 Å². The van der Waals surface area contributed by atoms with Gasteiger partial charge in [0.1, 0.15) is 5.82 Å². The first-order chi connectivity index (χ1) is 9.52. The van der Waals surface area contributed by atoms with E-state index >= 15 is 0 Å². The number of aromatic nitrogens is 1. The van der Waals surface area contributed by atoms with Gasteiger partial charge in [-0.1, -0.05) is 37.9 Å².